The van der Waals surface area contributed by atoms with Crippen LogP contribution in [0.5, 0.6) is 0 Å². The SMILES string of the molecule is CC(C)(SSC[C@H](NC(=O)[C@H](CC(=O)O)NC(=O)[C@H](CC(=O)O)NC(=O)[C@H](CCCNC(=N)N)NC(=O)[C@H](CC(=O)O)NC(=O)CC[C@H](NC(=O)c1ccc(NCc2cnc3nc(N)[nH]c(=O)c3n2)cc1)C(=O)O)C(=O)O)[C@H](NC(=O)CC[C@H](NC(=O)c1ccc(NCc2cnc3nc(N)[nH]c(=N)c3n2)cc1)C(=O)O)C(=O)O. The van der Waals surface area contributed by atoms with Crippen LogP contribution in [0.3, 0.4) is 0 Å². The van der Waals surface area contributed by atoms with Crippen molar-refractivity contribution in [3.8, 4) is 0 Å². The first-order valence-corrected chi connectivity index (χ1v) is 35.7. The van der Waals surface area contributed by atoms with Gasteiger partial charge in [-0.25, -0.2) is 39.1 Å². The highest BCUT2D eigenvalue weighted by molar-refractivity contribution is 8.77. The van der Waals surface area contributed by atoms with Crippen molar-refractivity contribution in [3.63, 3.8) is 0 Å². The molecule has 0 radical (unpaired) electrons. The number of fused-ring (bicyclic) bond motifs is 2. The Kier molecular flexibility index (Phi) is 32.0. The minimum absolute atomic E-state index is 0.0172. The Balaban J connectivity index is 1.02. The second-order valence-electron chi connectivity index (χ2n) is 25.0. The Hall–Kier alpha value is -13.9. The average Bonchev–Trinajstić information content (AvgIpc) is 0.815. The van der Waals surface area contributed by atoms with Crippen molar-refractivity contribution in [2.24, 2.45) is 5.73 Å². The zero-order chi connectivity index (χ0) is 83.6. The molecule has 4 heterocycles. The number of anilines is 4. The molecule has 49 heteroatoms. The molecule has 0 aliphatic carbocycles. The molecule has 113 heavy (non-hydrogen) atoms. The molecule has 2 aromatic carbocycles. The van der Waals surface area contributed by atoms with Crippen molar-refractivity contribution < 1.29 is 108 Å². The Bertz CT molecular complexity index is 4750. The van der Waals surface area contributed by atoms with E-state index in [2.05, 4.69) is 82.4 Å². The number of benzene rings is 2. The third-order valence-corrected chi connectivity index (χ3v) is 19.1. The highest BCUT2D eigenvalue weighted by Gasteiger charge is 2.40. The monoisotopic (exact) mass is 1610 g/mol. The fourth-order valence-corrected chi connectivity index (χ4v) is 12.9. The summed E-state index contributed by atoms with van der Waals surface area (Å²) in [5.41, 5.74) is 17.8. The van der Waals surface area contributed by atoms with Crippen LogP contribution < -0.4 is 86.7 Å². The van der Waals surface area contributed by atoms with Crippen LogP contribution in [0.25, 0.3) is 22.3 Å². The number of nitrogens with zero attached hydrogens (tertiary/aromatic N) is 6. The van der Waals surface area contributed by atoms with Crippen LogP contribution in [0.15, 0.2) is 65.7 Å². The maximum absolute atomic E-state index is 14.1. The lowest BCUT2D eigenvalue weighted by atomic mass is 10.0. The number of carbonyl (C=O) groups is 15. The first kappa shape index (κ1) is 88.0. The summed E-state index contributed by atoms with van der Waals surface area (Å²) < 4.78 is -1.56. The second-order valence-corrected chi connectivity index (χ2v) is 28.0. The highest BCUT2D eigenvalue weighted by atomic mass is 33.1. The quantitative estimate of drug-likeness (QED) is 0.00746. The number of hydrogen-bond acceptors (Lipinski definition) is 30. The largest absolute Gasteiger partial charge is 0.481 e. The molecule has 0 spiro atoms. The van der Waals surface area contributed by atoms with Crippen molar-refractivity contribution in [1.29, 1.82) is 10.8 Å². The van der Waals surface area contributed by atoms with Crippen molar-refractivity contribution in [3.05, 3.63) is 99.3 Å². The molecule has 0 saturated heterocycles. The standard InChI is InChI=1S/C64H78N24O23S2/c1-64(2,46(60(110)111)84-40(90)16-14-34(58(106)107)80-51(98)27-5-9-28(10-6-27)71-21-30-23-73-48-44(75-30)47(65)85-62(68)86-48)113-112-25-38(59(108)109)83-55(102)37(20-43(95)96)82-54(101)36(19-42(93)94)81-52(99)32(4-3-17-70-61(66)67)78-53(100)35(18-41(91)92)77-39(89)15-13-33(57(104)105)79-50(97)26-7-11-29(12-8-26)72-22-31-24-74-49-45(76-31)56(103)88-63(69)87-49/h5-12,23-24,32-38,46,71-72H,3-4,13-22,25H2,1-2H3,(H,77,89)(H,78,100)(H,79,97)(H,80,98)(H,81,99)(H,82,101)(H,83,102)(H,84,90)(H,91,92)(H,93,94)(H,95,96)(H,104,105)(H,106,107)(H,108,109)(H,110,111)(H4,66,67,70)(H4,65,68,73,85,86)(H3,69,74,87,88,103)/t32-,33-,34-,35-,36-,37-,38-,46+/m0/s1. The van der Waals surface area contributed by atoms with E-state index in [1.165, 1.54) is 74.8 Å². The van der Waals surface area contributed by atoms with E-state index in [0.29, 0.717) is 44.4 Å². The van der Waals surface area contributed by atoms with Crippen LogP contribution in [-0.2, 0) is 75.4 Å². The first-order valence-electron chi connectivity index (χ1n) is 33.4. The fourth-order valence-electron chi connectivity index (χ4n) is 10.1. The molecule has 6 aromatic rings. The Morgan fingerprint density at radius 2 is 0.912 bits per heavy atom. The van der Waals surface area contributed by atoms with Gasteiger partial charge < -0.3 is 116 Å². The predicted octanol–water partition coefficient (Wildman–Crippen LogP) is -4.20. The number of aliphatic carboxylic acids is 7. The summed E-state index contributed by atoms with van der Waals surface area (Å²) >= 11 is 0. The number of carbonyl (C=O) groups excluding carboxylic acids is 8. The van der Waals surface area contributed by atoms with E-state index in [0.717, 1.165) is 0 Å². The van der Waals surface area contributed by atoms with Crippen LogP contribution in [0.1, 0.15) is 104 Å². The molecular weight excluding hydrogens is 1540 g/mol. The third-order valence-electron chi connectivity index (χ3n) is 15.8. The fraction of sp³-hybridized carbons (Fsp3) is 0.375. The summed E-state index contributed by atoms with van der Waals surface area (Å²) in [5.74, 6) is -23.0. The Morgan fingerprint density at radius 1 is 0.504 bits per heavy atom. The summed E-state index contributed by atoms with van der Waals surface area (Å²) in [6.07, 6.45) is -4.33. The van der Waals surface area contributed by atoms with E-state index in [4.69, 9.17) is 28.0 Å². The lowest BCUT2D eigenvalue weighted by Gasteiger charge is -2.31. The number of nitrogen functional groups attached to an aromatic ring is 2. The number of aromatic nitrogens is 8. The van der Waals surface area contributed by atoms with Crippen LogP contribution in [0.2, 0.25) is 0 Å². The van der Waals surface area contributed by atoms with Crippen LogP contribution in [0, 0.1) is 10.8 Å². The third kappa shape index (κ3) is 27.9. The van der Waals surface area contributed by atoms with E-state index in [1.54, 1.807) is 0 Å². The van der Waals surface area contributed by atoms with Crippen molar-refractivity contribution >= 4 is 162 Å². The number of hydrogen-bond donors (Lipinski definition) is 25. The zero-order valence-corrected chi connectivity index (χ0v) is 61.1. The normalized spacial score (nSPS) is 13.2. The van der Waals surface area contributed by atoms with E-state index >= 15 is 0 Å². The van der Waals surface area contributed by atoms with Crippen LogP contribution in [-0.4, -0.2) is 236 Å². The number of guanidine groups is 1. The molecule has 8 amide bonds. The Labute approximate surface area is 643 Å². The molecule has 0 fully saturated rings. The van der Waals surface area contributed by atoms with Gasteiger partial charge in [0, 0.05) is 47.6 Å². The van der Waals surface area contributed by atoms with Gasteiger partial charge in [0.1, 0.15) is 48.3 Å². The topological polar surface area (TPSA) is 782 Å². The summed E-state index contributed by atoms with van der Waals surface area (Å²) in [4.78, 5) is 236. The summed E-state index contributed by atoms with van der Waals surface area (Å²) in [7, 11) is 1.31. The molecule has 28 N–H and O–H groups in total. The van der Waals surface area contributed by atoms with Gasteiger partial charge in [-0.15, -0.1) is 0 Å². The maximum Gasteiger partial charge on any atom is 0.327 e. The molecular formula is C64H78N24O23S2. The maximum atomic E-state index is 14.1. The van der Waals surface area contributed by atoms with E-state index < -0.39 is 211 Å². The van der Waals surface area contributed by atoms with Gasteiger partial charge in [0.05, 0.1) is 60.9 Å². The van der Waals surface area contributed by atoms with Gasteiger partial charge in [-0.1, -0.05) is 21.6 Å². The molecule has 8 atom stereocenters. The first-order chi connectivity index (χ1) is 53.2. The lowest BCUT2D eigenvalue weighted by Crippen LogP contribution is -2.59. The molecule has 0 aliphatic heterocycles. The Morgan fingerprint density at radius 3 is 1.35 bits per heavy atom. The number of carboxylic acid groups (broad SMARTS) is 7. The summed E-state index contributed by atoms with van der Waals surface area (Å²) in [6.45, 7) is 2.63. The van der Waals surface area contributed by atoms with Crippen molar-refractivity contribution in [2.75, 3.05) is 34.4 Å². The van der Waals surface area contributed by atoms with Gasteiger partial charge in [-0.05, 0) is 88.1 Å². The molecule has 6 rings (SSSR count). The molecule has 0 saturated carbocycles. The minimum atomic E-state index is -2.26. The number of nitrogens with two attached hydrogens (primary N) is 3. The van der Waals surface area contributed by atoms with Gasteiger partial charge in [0.25, 0.3) is 17.4 Å². The second kappa shape index (κ2) is 41.1. The van der Waals surface area contributed by atoms with Gasteiger partial charge in [0.2, 0.25) is 47.3 Å². The number of H-pyrrole nitrogens is 2. The van der Waals surface area contributed by atoms with E-state index in [-0.39, 0.29) is 76.9 Å². The van der Waals surface area contributed by atoms with E-state index in [9.17, 15) is 112 Å². The zero-order valence-electron chi connectivity index (χ0n) is 59.5. The van der Waals surface area contributed by atoms with Crippen molar-refractivity contribution in [2.45, 2.75) is 138 Å². The minimum Gasteiger partial charge on any atom is -0.481 e. The van der Waals surface area contributed by atoms with Crippen molar-refractivity contribution in [1.82, 2.24) is 87.7 Å². The number of carboxylic acids is 7. The highest BCUT2D eigenvalue weighted by Crippen LogP contribution is 2.39. The number of aromatic amines is 2. The average molecular weight is 1620 g/mol. The molecule has 0 bridgehead atoms. The number of nitrogens with one attached hydrogen (secondary N) is 15. The predicted molar refractivity (Wildman–Crippen MR) is 395 cm³/mol. The summed E-state index contributed by atoms with van der Waals surface area (Å²) in [5, 5.41) is 111. The lowest BCUT2D eigenvalue weighted by molar-refractivity contribution is -0.144. The molecule has 47 nitrogen and oxygen atoms in total. The smallest absolute Gasteiger partial charge is 0.327 e. The summed E-state index contributed by atoms with van der Waals surface area (Å²) in [6, 6.07) is -4.31. The van der Waals surface area contributed by atoms with Gasteiger partial charge in [-0.3, -0.25) is 73.3 Å². The van der Waals surface area contributed by atoms with Gasteiger partial charge in [0.15, 0.2) is 33.8 Å². The van der Waals surface area contributed by atoms with E-state index in [1.807, 2.05) is 16.0 Å². The molecule has 0 unspecified atom stereocenters. The number of rotatable bonds is 45. The number of amides is 8. The van der Waals surface area contributed by atoms with Crippen LogP contribution >= 0.6 is 21.6 Å². The van der Waals surface area contributed by atoms with Gasteiger partial charge in [-0.2, -0.15) is 9.97 Å². The molecule has 4 aromatic heterocycles. The molecule has 0 aliphatic rings. The molecule has 604 valence electrons. The van der Waals surface area contributed by atoms with Crippen LogP contribution in [0.4, 0.5) is 23.3 Å². The van der Waals surface area contributed by atoms with Gasteiger partial charge >= 0.3 is 41.8 Å².